The SMILES string of the molecule is Cc1cc(NC(=O)/C(C#N)=C\c2ccc(-c3ccccc3)o2)no1. The highest BCUT2D eigenvalue weighted by atomic mass is 16.5. The molecular weight excluding hydrogens is 306 g/mol. The number of carbonyl (C=O) groups excluding carboxylic acids is 1. The van der Waals surface area contributed by atoms with E-state index in [9.17, 15) is 10.1 Å². The zero-order valence-corrected chi connectivity index (χ0v) is 12.8. The van der Waals surface area contributed by atoms with Gasteiger partial charge in [-0.05, 0) is 19.1 Å². The molecule has 0 bridgehead atoms. The van der Waals surface area contributed by atoms with Crippen molar-refractivity contribution in [3.63, 3.8) is 0 Å². The molecule has 0 spiro atoms. The van der Waals surface area contributed by atoms with Crippen molar-refractivity contribution in [2.75, 3.05) is 5.32 Å². The fourth-order valence-electron chi connectivity index (χ4n) is 2.09. The predicted octanol–water partition coefficient (Wildman–Crippen LogP) is 3.79. The van der Waals surface area contributed by atoms with E-state index in [2.05, 4.69) is 10.5 Å². The van der Waals surface area contributed by atoms with Crippen LogP contribution in [0.2, 0.25) is 0 Å². The molecule has 0 aliphatic carbocycles. The lowest BCUT2D eigenvalue weighted by molar-refractivity contribution is -0.112. The lowest BCUT2D eigenvalue weighted by atomic mass is 10.2. The van der Waals surface area contributed by atoms with E-state index in [-0.39, 0.29) is 11.4 Å². The molecule has 1 amide bonds. The van der Waals surface area contributed by atoms with Crippen LogP contribution in [0.15, 0.2) is 63.0 Å². The smallest absolute Gasteiger partial charge is 0.267 e. The van der Waals surface area contributed by atoms with Crippen LogP contribution < -0.4 is 5.32 Å². The zero-order valence-electron chi connectivity index (χ0n) is 12.8. The maximum Gasteiger partial charge on any atom is 0.267 e. The standard InChI is InChI=1S/C18H13N3O3/c1-12-9-17(21-24-12)20-18(22)14(11-19)10-15-7-8-16(23-15)13-5-3-2-4-6-13/h2-10H,1H3,(H,20,21,22)/b14-10-. The molecule has 0 fully saturated rings. The van der Waals surface area contributed by atoms with Gasteiger partial charge < -0.3 is 14.3 Å². The van der Waals surface area contributed by atoms with Crippen LogP contribution in [0.5, 0.6) is 0 Å². The Balaban J connectivity index is 1.79. The van der Waals surface area contributed by atoms with Gasteiger partial charge in [0.1, 0.15) is 28.9 Å². The molecule has 3 rings (SSSR count). The Morgan fingerprint density at radius 2 is 2.04 bits per heavy atom. The van der Waals surface area contributed by atoms with E-state index < -0.39 is 5.91 Å². The maximum absolute atomic E-state index is 12.1. The number of carbonyl (C=O) groups is 1. The third-order valence-electron chi connectivity index (χ3n) is 3.21. The van der Waals surface area contributed by atoms with Crippen molar-refractivity contribution in [3.8, 4) is 17.4 Å². The second-order valence-corrected chi connectivity index (χ2v) is 5.01. The first-order chi connectivity index (χ1) is 11.7. The van der Waals surface area contributed by atoms with Crippen molar-refractivity contribution in [1.29, 1.82) is 5.26 Å². The van der Waals surface area contributed by atoms with Crippen LogP contribution in [0.4, 0.5) is 5.82 Å². The van der Waals surface area contributed by atoms with Gasteiger partial charge >= 0.3 is 0 Å². The fraction of sp³-hybridized carbons (Fsp3) is 0.0556. The number of nitrogens with one attached hydrogen (secondary N) is 1. The minimum Gasteiger partial charge on any atom is -0.457 e. The summed E-state index contributed by atoms with van der Waals surface area (Å²) >= 11 is 0. The molecule has 0 aliphatic heterocycles. The summed E-state index contributed by atoms with van der Waals surface area (Å²) in [4.78, 5) is 12.1. The van der Waals surface area contributed by atoms with E-state index in [4.69, 9.17) is 8.94 Å². The summed E-state index contributed by atoms with van der Waals surface area (Å²) in [6, 6.07) is 16.5. The first kappa shape index (κ1) is 15.3. The summed E-state index contributed by atoms with van der Waals surface area (Å²) in [5.74, 6) is 1.31. The Morgan fingerprint density at radius 3 is 2.71 bits per heavy atom. The van der Waals surface area contributed by atoms with E-state index in [1.807, 2.05) is 36.4 Å². The topological polar surface area (TPSA) is 92.1 Å². The molecule has 0 saturated heterocycles. The summed E-state index contributed by atoms with van der Waals surface area (Å²) in [5.41, 5.74) is 0.822. The molecule has 0 aliphatic rings. The highest BCUT2D eigenvalue weighted by molar-refractivity contribution is 6.09. The Kier molecular flexibility index (Phi) is 4.25. The largest absolute Gasteiger partial charge is 0.457 e. The van der Waals surface area contributed by atoms with Crippen molar-refractivity contribution >= 4 is 17.8 Å². The van der Waals surface area contributed by atoms with Crippen LogP contribution in [0.25, 0.3) is 17.4 Å². The van der Waals surface area contributed by atoms with Gasteiger partial charge in [0.15, 0.2) is 5.82 Å². The summed E-state index contributed by atoms with van der Waals surface area (Å²) in [5, 5.41) is 15.4. The lowest BCUT2D eigenvalue weighted by Crippen LogP contribution is -2.13. The molecule has 0 saturated carbocycles. The molecule has 1 N–H and O–H groups in total. The van der Waals surface area contributed by atoms with Crippen molar-refractivity contribution in [1.82, 2.24) is 5.16 Å². The maximum atomic E-state index is 12.1. The summed E-state index contributed by atoms with van der Waals surface area (Å²) < 4.78 is 10.5. The number of aromatic nitrogens is 1. The number of anilines is 1. The van der Waals surface area contributed by atoms with Crippen molar-refractivity contribution in [2.45, 2.75) is 6.92 Å². The van der Waals surface area contributed by atoms with Gasteiger partial charge in [0.05, 0.1) is 0 Å². The van der Waals surface area contributed by atoms with Crippen LogP contribution >= 0.6 is 0 Å². The first-order valence-corrected chi connectivity index (χ1v) is 7.17. The minimum absolute atomic E-state index is 0.0929. The van der Waals surface area contributed by atoms with Crippen LogP contribution in [0, 0.1) is 18.3 Å². The van der Waals surface area contributed by atoms with Crippen LogP contribution in [0.1, 0.15) is 11.5 Å². The normalized spacial score (nSPS) is 11.1. The monoisotopic (exact) mass is 319 g/mol. The Labute approximate surface area is 138 Å². The molecule has 6 nitrogen and oxygen atoms in total. The third-order valence-corrected chi connectivity index (χ3v) is 3.21. The molecule has 2 heterocycles. The number of furan rings is 1. The summed E-state index contributed by atoms with van der Waals surface area (Å²) in [6.07, 6.45) is 1.38. The number of hydrogen-bond acceptors (Lipinski definition) is 5. The first-order valence-electron chi connectivity index (χ1n) is 7.17. The highest BCUT2D eigenvalue weighted by Crippen LogP contribution is 2.23. The van der Waals surface area contributed by atoms with Crippen LogP contribution in [-0.2, 0) is 4.79 Å². The molecule has 1 aromatic carbocycles. The lowest BCUT2D eigenvalue weighted by Gasteiger charge is -1.98. The van der Waals surface area contributed by atoms with Gasteiger partial charge in [-0.25, -0.2) is 0 Å². The van der Waals surface area contributed by atoms with E-state index in [1.165, 1.54) is 6.08 Å². The van der Waals surface area contributed by atoms with Crippen LogP contribution in [0.3, 0.4) is 0 Å². The average Bonchev–Trinajstić information content (AvgIpc) is 3.22. The average molecular weight is 319 g/mol. The Hall–Kier alpha value is -3.59. The van der Waals surface area contributed by atoms with E-state index in [0.29, 0.717) is 17.3 Å². The number of nitriles is 1. The van der Waals surface area contributed by atoms with Gasteiger partial charge in [-0.3, -0.25) is 4.79 Å². The molecule has 0 radical (unpaired) electrons. The summed E-state index contributed by atoms with van der Waals surface area (Å²) in [7, 11) is 0. The molecule has 0 atom stereocenters. The van der Waals surface area contributed by atoms with Crippen molar-refractivity contribution in [3.05, 3.63) is 65.6 Å². The molecule has 3 aromatic rings. The Bertz CT molecular complexity index is 930. The number of nitrogens with zero attached hydrogens (tertiary/aromatic N) is 2. The van der Waals surface area contributed by atoms with Gasteiger partial charge in [0, 0.05) is 17.7 Å². The molecule has 2 aromatic heterocycles. The zero-order chi connectivity index (χ0) is 16.9. The fourth-order valence-corrected chi connectivity index (χ4v) is 2.09. The van der Waals surface area contributed by atoms with Crippen molar-refractivity contribution < 1.29 is 13.7 Å². The molecule has 0 unspecified atom stereocenters. The van der Waals surface area contributed by atoms with E-state index in [1.54, 1.807) is 25.1 Å². The van der Waals surface area contributed by atoms with Crippen LogP contribution in [-0.4, -0.2) is 11.1 Å². The molecule has 6 heteroatoms. The molecular formula is C18H13N3O3. The minimum atomic E-state index is -0.580. The van der Waals surface area contributed by atoms with Gasteiger partial charge in [-0.15, -0.1) is 0 Å². The number of amides is 1. The van der Waals surface area contributed by atoms with Crippen molar-refractivity contribution in [2.24, 2.45) is 0 Å². The second kappa shape index (κ2) is 6.67. The van der Waals surface area contributed by atoms with Gasteiger partial charge in [0.2, 0.25) is 0 Å². The highest BCUT2D eigenvalue weighted by Gasteiger charge is 2.13. The molecule has 118 valence electrons. The van der Waals surface area contributed by atoms with Gasteiger partial charge in [0.25, 0.3) is 5.91 Å². The number of aryl methyl sites for hydroxylation is 1. The van der Waals surface area contributed by atoms with E-state index in [0.717, 1.165) is 5.56 Å². The third kappa shape index (κ3) is 3.42. The van der Waals surface area contributed by atoms with Gasteiger partial charge in [-0.2, -0.15) is 5.26 Å². The number of rotatable bonds is 4. The molecule has 24 heavy (non-hydrogen) atoms. The second-order valence-electron chi connectivity index (χ2n) is 5.01. The van der Waals surface area contributed by atoms with Gasteiger partial charge in [-0.1, -0.05) is 35.5 Å². The quantitative estimate of drug-likeness (QED) is 0.583. The Morgan fingerprint density at radius 1 is 1.25 bits per heavy atom. The van der Waals surface area contributed by atoms with E-state index >= 15 is 0 Å². The number of hydrogen-bond donors (Lipinski definition) is 1. The number of benzene rings is 1. The summed E-state index contributed by atoms with van der Waals surface area (Å²) in [6.45, 7) is 1.71. The predicted molar refractivity (Wildman–Crippen MR) is 87.6 cm³/mol.